The topological polar surface area (TPSA) is 70.1 Å². The van der Waals surface area contributed by atoms with Gasteiger partial charge in [0.25, 0.3) is 0 Å². The highest BCUT2D eigenvalue weighted by Crippen LogP contribution is 2.33. The van der Waals surface area contributed by atoms with Gasteiger partial charge in [-0.15, -0.1) is 0 Å². The Morgan fingerprint density at radius 3 is 2.73 bits per heavy atom. The third kappa shape index (κ3) is 2.33. The van der Waals surface area contributed by atoms with Crippen molar-refractivity contribution in [3.63, 3.8) is 0 Å². The second kappa shape index (κ2) is 5.61. The number of nitrogens with zero attached hydrogens (tertiary/aromatic N) is 2. The molecule has 22 heavy (non-hydrogen) atoms. The zero-order chi connectivity index (χ0) is 15.9. The first-order valence-corrected chi connectivity index (χ1v) is 7.46. The Morgan fingerprint density at radius 2 is 2.00 bits per heavy atom. The Labute approximate surface area is 129 Å². The van der Waals surface area contributed by atoms with Gasteiger partial charge in [-0.1, -0.05) is 0 Å². The zero-order valence-electron chi connectivity index (χ0n) is 12.8. The van der Waals surface area contributed by atoms with Crippen LogP contribution >= 0.6 is 0 Å². The number of likely N-dealkylation sites (N-methyl/N-ethyl adjacent to an activating group) is 1. The molecule has 0 radical (unpaired) electrons. The third-order valence-corrected chi connectivity index (χ3v) is 4.68. The summed E-state index contributed by atoms with van der Waals surface area (Å²) in [5.74, 6) is -0.0559. The van der Waals surface area contributed by atoms with Gasteiger partial charge in [0.15, 0.2) is 0 Å². The lowest BCUT2D eigenvalue weighted by molar-refractivity contribution is -0.146. The summed E-state index contributed by atoms with van der Waals surface area (Å²) in [5.41, 5.74) is 1.84. The second-order valence-corrected chi connectivity index (χ2v) is 5.85. The Bertz CT molecular complexity index is 616. The number of ether oxygens (including phenoxy) is 1. The monoisotopic (exact) mass is 304 g/mol. The van der Waals surface area contributed by atoms with Crippen LogP contribution in [0.2, 0.25) is 0 Å². The van der Waals surface area contributed by atoms with Crippen LogP contribution in [0, 0.1) is 0 Å². The Balaban J connectivity index is 1.78. The predicted molar refractivity (Wildman–Crippen MR) is 80.8 cm³/mol. The molecule has 1 fully saturated rings. The van der Waals surface area contributed by atoms with Gasteiger partial charge in [0, 0.05) is 12.2 Å². The lowest BCUT2D eigenvalue weighted by Gasteiger charge is -2.27. The van der Waals surface area contributed by atoms with Crippen LogP contribution in [0.5, 0.6) is 5.75 Å². The van der Waals surface area contributed by atoms with Crippen molar-refractivity contribution in [2.75, 3.05) is 25.6 Å². The summed E-state index contributed by atoms with van der Waals surface area (Å²) in [6.07, 6.45) is 2.03. The Kier molecular flexibility index (Phi) is 3.78. The van der Waals surface area contributed by atoms with E-state index in [2.05, 4.69) is 0 Å². The molecule has 0 aliphatic carbocycles. The number of phenols is 1. The fraction of sp³-hybridized carbons (Fsp3) is 0.500. The number of amides is 1. The maximum absolute atomic E-state index is 12.8. The molecule has 6 nitrogen and oxygen atoms in total. The Hall–Kier alpha value is -2.08. The van der Waals surface area contributed by atoms with Gasteiger partial charge in [-0.3, -0.25) is 14.5 Å². The van der Waals surface area contributed by atoms with Crippen LogP contribution in [0.15, 0.2) is 18.2 Å². The fourth-order valence-electron chi connectivity index (χ4n) is 3.46. The number of carbonyl (C=O) groups excluding carboxylic acids is 2. The van der Waals surface area contributed by atoms with Crippen molar-refractivity contribution in [3.8, 4) is 5.75 Å². The van der Waals surface area contributed by atoms with Crippen molar-refractivity contribution >= 4 is 17.6 Å². The molecule has 2 aliphatic heterocycles. The van der Waals surface area contributed by atoms with E-state index in [-0.39, 0.29) is 29.7 Å². The van der Waals surface area contributed by atoms with Gasteiger partial charge in [0.2, 0.25) is 5.91 Å². The number of rotatable bonds is 2. The van der Waals surface area contributed by atoms with Crippen LogP contribution in [0.1, 0.15) is 18.4 Å². The molecule has 1 aromatic rings. The average Bonchev–Trinajstić information content (AvgIpc) is 3.09. The summed E-state index contributed by atoms with van der Waals surface area (Å²) >= 11 is 0. The van der Waals surface area contributed by atoms with Crippen LogP contribution < -0.4 is 4.90 Å². The van der Waals surface area contributed by atoms with E-state index in [1.807, 2.05) is 4.90 Å². The molecule has 3 rings (SSSR count). The number of anilines is 1. The van der Waals surface area contributed by atoms with Crippen molar-refractivity contribution in [3.05, 3.63) is 23.8 Å². The molecular formula is C16H20N2O4. The van der Waals surface area contributed by atoms with E-state index in [1.54, 1.807) is 30.1 Å². The van der Waals surface area contributed by atoms with E-state index < -0.39 is 0 Å². The van der Waals surface area contributed by atoms with Gasteiger partial charge < -0.3 is 14.7 Å². The number of fused-ring (bicyclic) bond motifs is 1. The molecule has 0 unspecified atom stereocenters. The number of methoxy groups -OCH3 is 1. The van der Waals surface area contributed by atoms with E-state index in [0.717, 1.165) is 17.7 Å². The maximum Gasteiger partial charge on any atom is 0.323 e. The van der Waals surface area contributed by atoms with Crippen LogP contribution in [-0.2, 0) is 20.7 Å². The van der Waals surface area contributed by atoms with Crippen LogP contribution in [0.3, 0.4) is 0 Å². The van der Waals surface area contributed by atoms with Gasteiger partial charge >= 0.3 is 5.97 Å². The first kappa shape index (κ1) is 14.8. The lowest BCUT2D eigenvalue weighted by atomic mass is 10.1. The van der Waals surface area contributed by atoms with E-state index >= 15 is 0 Å². The SMILES string of the molecule is COC(=O)[C@@H]1CC[C@@H](C(=O)N2CCc3cc(O)ccc32)N1C. The minimum atomic E-state index is -0.346. The average molecular weight is 304 g/mol. The maximum atomic E-state index is 12.8. The molecule has 1 aromatic carbocycles. The molecule has 0 saturated carbocycles. The standard InChI is InChI=1S/C16H20N2O4/c1-17-13(5-6-14(17)16(21)22-2)15(20)18-8-7-10-9-11(19)3-4-12(10)18/h3-4,9,13-14,19H,5-8H2,1-2H3/t13-,14-/m0/s1. The summed E-state index contributed by atoms with van der Waals surface area (Å²) < 4.78 is 4.79. The number of aromatic hydroxyl groups is 1. The fourth-order valence-corrected chi connectivity index (χ4v) is 3.46. The number of carbonyl (C=O) groups is 2. The minimum absolute atomic E-state index is 0.0124. The molecule has 6 heteroatoms. The second-order valence-electron chi connectivity index (χ2n) is 5.85. The first-order chi connectivity index (χ1) is 10.5. The molecule has 0 spiro atoms. The van der Waals surface area contributed by atoms with Gasteiger partial charge in [0.05, 0.1) is 13.2 Å². The summed E-state index contributed by atoms with van der Waals surface area (Å²) in [4.78, 5) is 28.1. The highest BCUT2D eigenvalue weighted by molar-refractivity contribution is 5.99. The molecular weight excluding hydrogens is 284 g/mol. The van der Waals surface area contributed by atoms with E-state index in [9.17, 15) is 14.7 Å². The van der Waals surface area contributed by atoms with E-state index in [0.29, 0.717) is 19.4 Å². The quantitative estimate of drug-likeness (QED) is 0.823. The van der Waals surface area contributed by atoms with Crippen molar-refractivity contribution < 1.29 is 19.4 Å². The van der Waals surface area contributed by atoms with Gasteiger partial charge in [-0.2, -0.15) is 0 Å². The molecule has 1 saturated heterocycles. The van der Waals surface area contributed by atoms with Gasteiger partial charge in [-0.05, 0) is 50.1 Å². The predicted octanol–water partition coefficient (Wildman–Crippen LogP) is 0.917. The van der Waals surface area contributed by atoms with Crippen molar-refractivity contribution in [2.24, 2.45) is 0 Å². The van der Waals surface area contributed by atoms with Crippen molar-refractivity contribution in [2.45, 2.75) is 31.3 Å². The summed E-state index contributed by atoms with van der Waals surface area (Å²) in [7, 11) is 3.17. The van der Waals surface area contributed by atoms with Crippen LogP contribution in [-0.4, -0.2) is 54.7 Å². The Morgan fingerprint density at radius 1 is 1.27 bits per heavy atom. The number of hydrogen-bond acceptors (Lipinski definition) is 5. The van der Waals surface area contributed by atoms with Crippen molar-refractivity contribution in [1.29, 1.82) is 0 Å². The minimum Gasteiger partial charge on any atom is -0.508 e. The normalized spacial score (nSPS) is 24.4. The molecule has 1 amide bonds. The molecule has 0 aromatic heterocycles. The molecule has 2 heterocycles. The highest BCUT2D eigenvalue weighted by Gasteiger charge is 2.42. The summed E-state index contributed by atoms with van der Waals surface area (Å²) in [5, 5.41) is 9.53. The third-order valence-electron chi connectivity index (χ3n) is 4.68. The summed E-state index contributed by atoms with van der Waals surface area (Å²) in [6.45, 7) is 0.616. The number of esters is 1. The molecule has 118 valence electrons. The lowest BCUT2D eigenvalue weighted by Crippen LogP contribution is -2.47. The van der Waals surface area contributed by atoms with E-state index in [4.69, 9.17) is 4.74 Å². The highest BCUT2D eigenvalue weighted by atomic mass is 16.5. The van der Waals surface area contributed by atoms with Gasteiger partial charge in [0.1, 0.15) is 11.8 Å². The number of hydrogen-bond donors (Lipinski definition) is 1. The molecule has 2 atom stereocenters. The largest absolute Gasteiger partial charge is 0.508 e. The van der Waals surface area contributed by atoms with Gasteiger partial charge in [-0.25, -0.2) is 0 Å². The number of benzene rings is 1. The van der Waals surface area contributed by atoms with Crippen molar-refractivity contribution in [1.82, 2.24) is 4.90 Å². The molecule has 0 bridgehead atoms. The smallest absolute Gasteiger partial charge is 0.323 e. The number of likely N-dealkylation sites (tertiary alicyclic amines) is 1. The zero-order valence-corrected chi connectivity index (χ0v) is 12.8. The number of phenolic OH excluding ortho intramolecular Hbond substituents is 1. The van der Waals surface area contributed by atoms with Crippen LogP contribution in [0.4, 0.5) is 5.69 Å². The van der Waals surface area contributed by atoms with Crippen LogP contribution in [0.25, 0.3) is 0 Å². The molecule has 2 aliphatic rings. The first-order valence-electron chi connectivity index (χ1n) is 7.46. The summed E-state index contributed by atoms with van der Waals surface area (Å²) in [6, 6.07) is 4.44. The van der Waals surface area contributed by atoms with E-state index in [1.165, 1.54) is 7.11 Å². The molecule has 1 N–H and O–H groups in total.